The minimum atomic E-state index is -0.715. The fourth-order valence-electron chi connectivity index (χ4n) is 6.24. The van der Waals surface area contributed by atoms with Crippen LogP contribution in [0.5, 0.6) is 0 Å². The quantitative estimate of drug-likeness (QED) is 0.136. The van der Waals surface area contributed by atoms with Gasteiger partial charge in [-0.1, -0.05) is 35.6 Å². The molecule has 2 aliphatic rings. The maximum absolute atomic E-state index is 14.0. The molecule has 0 saturated heterocycles. The molecule has 6 aromatic rings. The summed E-state index contributed by atoms with van der Waals surface area (Å²) in [6, 6.07) is 22.7. The predicted molar refractivity (Wildman–Crippen MR) is 201 cm³/mol. The molecule has 52 heavy (non-hydrogen) atoms. The summed E-state index contributed by atoms with van der Waals surface area (Å²) in [6.45, 7) is 3.70. The number of amides is 2. The summed E-state index contributed by atoms with van der Waals surface area (Å²) in [7, 11) is 3.89. The van der Waals surface area contributed by atoms with Crippen LogP contribution in [0.25, 0.3) is 16.3 Å². The number of carbonyl (C=O) groups is 3. The molecule has 0 radical (unpaired) electrons. The molecule has 14 heteroatoms. The molecule has 2 aliphatic heterocycles. The van der Waals surface area contributed by atoms with Crippen LogP contribution in [-0.2, 0) is 9.53 Å². The summed E-state index contributed by atoms with van der Waals surface area (Å²) < 4.78 is 15.0. The second-order valence-corrected chi connectivity index (χ2v) is 15.5. The normalized spacial score (nSPS) is 15.7. The molecule has 0 aliphatic carbocycles. The number of nitrogens with zero attached hydrogens (tertiary/aromatic N) is 5. The van der Waals surface area contributed by atoms with E-state index >= 15 is 0 Å². The zero-order chi connectivity index (χ0) is 36.3. The van der Waals surface area contributed by atoms with E-state index in [4.69, 9.17) is 14.1 Å². The van der Waals surface area contributed by atoms with E-state index in [1.807, 2.05) is 49.3 Å². The highest BCUT2D eigenvalue weighted by molar-refractivity contribution is 8.01. The predicted octanol–water partition coefficient (Wildman–Crippen LogP) is 6.02. The third-order valence-electron chi connectivity index (χ3n) is 8.71. The number of imide groups is 1. The Labute approximate surface area is 308 Å². The Morgan fingerprint density at radius 3 is 2.40 bits per heavy atom. The van der Waals surface area contributed by atoms with Crippen molar-refractivity contribution in [2.45, 2.75) is 29.3 Å². The second kappa shape index (κ2) is 13.2. The van der Waals surface area contributed by atoms with E-state index in [9.17, 15) is 19.2 Å². The molecule has 3 aromatic heterocycles. The van der Waals surface area contributed by atoms with Crippen LogP contribution < -0.4 is 24.7 Å². The molecule has 0 N–H and O–H groups in total. The van der Waals surface area contributed by atoms with E-state index in [0.717, 1.165) is 21.5 Å². The van der Waals surface area contributed by atoms with Crippen molar-refractivity contribution in [2.24, 2.45) is 4.99 Å². The molecule has 11 nitrogen and oxygen atoms in total. The largest absolute Gasteiger partial charge is 0.463 e. The van der Waals surface area contributed by atoms with Crippen LogP contribution in [0.1, 0.15) is 51.9 Å². The molecule has 260 valence electrons. The fraction of sp³-hybridized carbons (Fsp3) is 0.158. The van der Waals surface area contributed by atoms with Gasteiger partial charge < -0.3 is 14.1 Å². The first-order chi connectivity index (χ1) is 25.1. The van der Waals surface area contributed by atoms with Gasteiger partial charge >= 0.3 is 5.97 Å². The number of rotatable bonds is 8. The first-order valence-corrected chi connectivity index (χ1v) is 18.7. The molecule has 0 saturated carbocycles. The fourth-order valence-corrected chi connectivity index (χ4v) is 9.27. The minimum absolute atomic E-state index is 0.194. The van der Waals surface area contributed by atoms with Crippen molar-refractivity contribution in [3.8, 4) is 0 Å². The smallest absolute Gasteiger partial charge is 0.338 e. The summed E-state index contributed by atoms with van der Waals surface area (Å²) in [6.07, 6.45) is 1.68. The van der Waals surface area contributed by atoms with Crippen LogP contribution in [-0.4, -0.2) is 48.0 Å². The number of fused-ring (bicyclic) bond motifs is 3. The zero-order valence-electron chi connectivity index (χ0n) is 28.3. The average Bonchev–Trinajstić information content (AvgIpc) is 3.88. The molecule has 1 atom stereocenters. The average molecular weight is 748 g/mol. The third-order valence-corrected chi connectivity index (χ3v) is 11.7. The van der Waals surface area contributed by atoms with Crippen molar-refractivity contribution < 1.29 is 23.5 Å². The van der Waals surface area contributed by atoms with E-state index in [0.29, 0.717) is 52.6 Å². The lowest BCUT2D eigenvalue weighted by Gasteiger charge is -2.25. The van der Waals surface area contributed by atoms with E-state index in [2.05, 4.69) is 4.99 Å². The molecule has 0 fully saturated rings. The number of furan rings is 1. The van der Waals surface area contributed by atoms with Gasteiger partial charge in [0.1, 0.15) is 5.76 Å². The molecular formula is C38H29N5O6S3. The highest BCUT2D eigenvalue weighted by Gasteiger charge is 2.37. The Hall–Kier alpha value is -5.57. The lowest BCUT2D eigenvalue weighted by atomic mass is 9.95. The summed E-state index contributed by atoms with van der Waals surface area (Å²) in [4.78, 5) is 66.3. The molecule has 3 aromatic carbocycles. The molecule has 0 bridgehead atoms. The zero-order valence-corrected chi connectivity index (χ0v) is 30.7. The van der Waals surface area contributed by atoms with Crippen molar-refractivity contribution in [2.75, 3.05) is 30.5 Å². The van der Waals surface area contributed by atoms with Gasteiger partial charge in [0.25, 0.3) is 17.4 Å². The van der Waals surface area contributed by atoms with E-state index in [1.165, 1.54) is 39.3 Å². The molecule has 0 spiro atoms. The summed E-state index contributed by atoms with van der Waals surface area (Å²) in [5.41, 5.74) is 4.25. The lowest BCUT2D eigenvalue weighted by molar-refractivity contribution is -0.139. The SMILES string of the molecule is CCOC(=O)C1=C(C)N=c2s/c(=C\c3ccc(Sc4nc5ccc(N6C(=O)c7ccccc7C6=O)cc5s4)o3)c(=O)n2[C@H]1c1ccc(N(C)C)cc1. The van der Waals surface area contributed by atoms with Gasteiger partial charge in [-0.3, -0.25) is 19.0 Å². The van der Waals surface area contributed by atoms with Crippen molar-refractivity contribution in [3.63, 3.8) is 0 Å². The standard InChI is InChI=1S/C38H29N5O6S3/c1-5-48-36(47)31-20(2)39-37-43(32(31)21-10-12-22(13-11-21)41(3)4)35(46)29(50-37)19-24-15-17-30(49-24)52-38-40-27-16-14-23(18-28(27)51-38)42-33(44)25-8-6-7-9-26(25)34(42)45/h6-19,32H,5H2,1-4H3/b29-19-/t32-/m0/s1. The third kappa shape index (κ3) is 5.78. The van der Waals surface area contributed by atoms with E-state index in [-0.39, 0.29) is 24.0 Å². The number of allylic oxidation sites excluding steroid dienone is 1. The van der Waals surface area contributed by atoms with Gasteiger partial charge in [0.15, 0.2) is 14.2 Å². The van der Waals surface area contributed by atoms with Crippen LogP contribution in [0.2, 0.25) is 0 Å². The number of hydrogen-bond donors (Lipinski definition) is 0. The van der Waals surface area contributed by atoms with Crippen LogP contribution in [0.4, 0.5) is 11.4 Å². The first kappa shape index (κ1) is 33.6. The van der Waals surface area contributed by atoms with Gasteiger partial charge in [-0.15, -0.1) is 11.3 Å². The second-order valence-electron chi connectivity index (χ2n) is 12.2. The Morgan fingerprint density at radius 1 is 0.981 bits per heavy atom. The number of carbonyl (C=O) groups excluding carboxylic acids is 3. The van der Waals surface area contributed by atoms with Gasteiger partial charge in [0, 0.05) is 25.9 Å². The van der Waals surface area contributed by atoms with Gasteiger partial charge in [-0.05, 0) is 85.8 Å². The summed E-state index contributed by atoms with van der Waals surface area (Å²) in [5, 5.41) is 0.568. The summed E-state index contributed by atoms with van der Waals surface area (Å²) >= 11 is 3.97. The lowest BCUT2D eigenvalue weighted by Crippen LogP contribution is -2.39. The number of ether oxygens (including phenoxy) is 1. The number of esters is 1. The number of benzene rings is 3. The van der Waals surface area contributed by atoms with Crippen LogP contribution in [0.3, 0.4) is 0 Å². The molecule has 0 unspecified atom stereocenters. The highest BCUT2D eigenvalue weighted by atomic mass is 32.2. The van der Waals surface area contributed by atoms with Crippen LogP contribution in [0.15, 0.2) is 114 Å². The van der Waals surface area contributed by atoms with Crippen molar-refractivity contribution in [3.05, 3.63) is 132 Å². The van der Waals surface area contributed by atoms with Gasteiger partial charge in [-0.2, -0.15) is 0 Å². The van der Waals surface area contributed by atoms with Gasteiger partial charge in [0.05, 0.1) is 55.5 Å². The minimum Gasteiger partial charge on any atom is -0.463 e. The Bertz CT molecular complexity index is 2630. The highest BCUT2D eigenvalue weighted by Crippen LogP contribution is 2.38. The summed E-state index contributed by atoms with van der Waals surface area (Å²) in [5.74, 6) is -0.742. The van der Waals surface area contributed by atoms with Crippen molar-refractivity contribution in [1.82, 2.24) is 9.55 Å². The topological polar surface area (TPSA) is 127 Å². The van der Waals surface area contributed by atoms with Crippen molar-refractivity contribution in [1.29, 1.82) is 0 Å². The number of hydrogen-bond acceptors (Lipinski definition) is 12. The monoisotopic (exact) mass is 747 g/mol. The molecule has 8 rings (SSSR count). The van der Waals surface area contributed by atoms with Crippen LogP contribution >= 0.6 is 34.4 Å². The van der Waals surface area contributed by atoms with E-state index < -0.39 is 12.0 Å². The van der Waals surface area contributed by atoms with Crippen molar-refractivity contribution >= 4 is 79.9 Å². The maximum atomic E-state index is 14.0. The Morgan fingerprint density at radius 2 is 1.71 bits per heavy atom. The molecular weight excluding hydrogens is 719 g/mol. The van der Waals surface area contributed by atoms with Crippen LogP contribution in [0, 0.1) is 0 Å². The maximum Gasteiger partial charge on any atom is 0.338 e. The van der Waals surface area contributed by atoms with Gasteiger partial charge in [-0.25, -0.2) is 19.7 Å². The molecule has 2 amide bonds. The van der Waals surface area contributed by atoms with Gasteiger partial charge in [0.2, 0.25) is 0 Å². The number of anilines is 2. The number of thiazole rings is 2. The number of aromatic nitrogens is 2. The molecule has 5 heterocycles. The Balaban J connectivity index is 1.08. The Kier molecular flexibility index (Phi) is 8.52. The van der Waals surface area contributed by atoms with E-state index in [1.54, 1.807) is 73.0 Å². The first-order valence-electron chi connectivity index (χ1n) is 16.2.